The molecular weight excluding hydrogens is 344 g/mol. The van der Waals surface area contributed by atoms with E-state index in [-0.39, 0.29) is 0 Å². The van der Waals surface area contributed by atoms with E-state index < -0.39 is 0 Å². The van der Waals surface area contributed by atoms with Crippen LogP contribution in [-0.2, 0) is 0 Å². The minimum absolute atomic E-state index is 0.702. The van der Waals surface area contributed by atoms with Crippen LogP contribution in [-0.4, -0.2) is 16.5 Å². The third-order valence-corrected chi connectivity index (χ3v) is 4.94. The topological polar surface area (TPSA) is 26.5 Å². The van der Waals surface area contributed by atoms with Crippen LogP contribution in [0, 0.1) is 0 Å². The van der Waals surface area contributed by atoms with E-state index in [0.29, 0.717) is 5.02 Å². The monoisotopic (exact) mass is 358 g/mol. The van der Waals surface area contributed by atoms with Gasteiger partial charge in [0.15, 0.2) is 0 Å². The number of hydrogen-bond acceptors (Lipinski definition) is 2. The molecule has 3 aromatic carbocycles. The molecule has 0 fully saturated rings. The van der Waals surface area contributed by atoms with Crippen molar-refractivity contribution < 1.29 is 4.74 Å². The van der Waals surface area contributed by atoms with Gasteiger partial charge in [-0.05, 0) is 48.5 Å². The molecule has 0 radical (unpaired) electrons. The number of halogens is 1. The summed E-state index contributed by atoms with van der Waals surface area (Å²) in [4.78, 5) is 4.94. The molecule has 4 heteroatoms. The van der Waals surface area contributed by atoms with Crippen LogP contribution < -0.4 is 4.74 Å². The van der Waals surface area contributed by atoms with Gasteiger partial charge >= 0.3 is 0 Å². The second kappa shape index (κ2) is 5.75. The predicted octanol–water partition coefficient (Wildman–Crippen LogP) is 5.97. The fraction of sp³-hybridized carbons (Fsp3) is 0.0455. The summed E-state index contributed by atoms with van der Waals surface area (Å²) in [5.41, 5.74) is 6.12. The molecule has 3 nitrogen and oxygen atoms in total. The van der Waals surface area contributed by atoms with E-state index in [1.54, 1.807) is 7.11 Å². The zero-order chi connectivity index (χ0) is 17.7. The van der Waals surface area contributed by atoms with Crippen LogP contribution in [0.3, 0.4) is 0 Å². The number of fused-ring (bicyclic) bond motifs is 5. The molecule has 2 heterocycles. The maximum atomic E-state index is 6.23. The van der Waals surface area contributed by atoms with Crippen molar-refractivity contribution in [1.82, 2.24) is 9.38 Å². The van der Waals surface area contributed by atoms with Crippen LogP contribution in [0.5, 0.6) is 5.75 Å². The molecule has 0 bridgehead atoms. The van der Waals surface area contributed by atoms with Crippen molar-refractivity contribution in [2.75, 3.05) is 7.11 Å². The zero-order valence-corrected chi connectivity index (χ0v) is 14.9. The van der Waals surface area contributed by atoms with E-state index in [1.807, 2.05) is 48.5 Å². The van der Waals surface area contributed by atoms with Gasteiger partial charge in [-0.25, -0.2) is 4.98 Å². The third kappa shape index (κ3) is 2.25. The molecule has 5 aromatic rings. The van der Waals surface area contributed by atoms with E-state index in [2.05, 4.69) is 28.7 Å². The SMILES string of the molecule is COc1ccc2c(c1)cc1c(-c3cccc(Cl)c3)nc3ccccc3n12. The van der Waals surface area contributed by atoms with Crippen molar-refractivity contribution in [3.05, 3.63) is 77.8 Å². The Bertz CT molecular complexity index is 1290. The second-order valence-corrected chi connectivity index (χ2v) is 6.69. The molecule has 0 aliphatic rings. The van der Waals surface area contributed by atoms with Crippen molar-refractivity contribution in [2.24, 2.45) is 0 Å². The first-order valence-corrected chi connectivity index (χ1v) is 8.76. The molecule has 0 N–H and O–H groups in total. The maximum Gasteiger partial charge on any atom is 0.119 e. The van der Waals surface area contributed by atoms with Crippen LogP contribution in [0.2, 0.25) is 5.02 Å². The van der Waals surface area contributed by atoms with Gasteiger partial charge in [-0.3, -0.25) is 0 Å². The number of rotatable bonds is 2. The van der Waals surface area contributed by atoms with Crippen molar-refractivity contribution in [1.29, 1.82) is 0 Å². The van der Waals surface area contributed by atoms with Gasteiger partial charge in [-0.2, -0.15) is 0 Å². The molecule has 0 unspecified atom stereocenters. The normalized spacial score (nSPS) is 11.5. The summed E-state index contributed by atoms with van der Waals surface area (Å²) >= 11 is 6.23. The van der Waals surface area contributed by atoms with Crippen LogP contribution in [0.15, 0.2) is 72.8 Å². The summed E-state index contributed by atoms with van der Waals surface area (Å²) in [5.74, 6) is 0.843. The molecule has 0 aliphatic carbocycles. The number of hydrogen-bond donors (Lipinski definition) is 0. The van der Waals surface area contributed by atoms with Crippen LogP contribution in [0.25, 0.3) is 38.7 Å². The molecule has 0 saturated carbocycles. The average molecular weight is 359 g/mol. The summed E-state index contributed by atoms with van der Waals surface area (Å²) in [6, 6.07) is 24.3. The molecule has 5 rings (SSSR count). The highest BCUT2D eigenvalue weighted by molar-refractivity contribution is 6.30. The van der Waals surface area contributed by atoms with Gasteiger partial charge in [0.2, 0.25) is 0 Å². The molecule has 126 valence electrons. The number of ether oxygens (including phenoxy) is 1. The highest BCUT2D eigenvalue weighted by atomic mass is 35.5. The molecule has 2 aromatic heterocycles. The largest absolute Gasteiger partial charge is 0.497 e. The van der Waals surface area contributed by atoms with Gasteiger partial charge < -0.3 is 9.14 Å². The summed E-state index contributed by atoms with van der Waals surface area (Å²) in [6.45, 7) is 0. The van der Waals surface area contributed by atoms with Crippen LogP contribution >= 0.6 is 11.6 Å². The third-order valence-electron chi connectivity index (χ3n) is 4.70. The van der Waals surface area contributed by atoms with E-state index in [9.17, 15) is 0 Å². The lowest BCUT2D eigenvalue weighted by Crippen LogP contribution is -1.95. The Balaban J connectivity index is 1.98. The molecule has 0 amide bonds. The van der Waals surface area contributed by atoms with Crippen LogP contribution in [0.4, 0.5) is 0 Å². The van der Waals surface area contributed by atoms with Crippen molar-refractivity contribution in [3.8, 4) is 17.0 Å². The van der Waals surface area contributed by atoms with E-state index in [0.717, 1.165) is 44.5 Å². The second-order valence-electron chi connectivity index (χ2n) is 6.25. The smallest absolute Gasteiger partial charge is 0.119 e. The lowest BCUT2D eigenvalue weighted by atomic mass is 10.1. The van der Waals surface area contributed by atoms with E-state index in [1.165, 1.54) is 0 Å². The van der Waals surface area contributed by atoms with Gasteiger partial charge in [-0.15, -0.1) is 0 Å². The van der Waals surface area contributed by atoms with Gasteiger partial charge in [0, 0.05) is 16.0 Å². The Morgan fingerprint density at radius 2 is 1.73 bits per heavy atom. The number of methoxy groups -OCH3 is 1. The van der Waals surface area contributed by atoms with Gasteiger partial charge in [0.1, 0.15) is 5.75 Å². The minimum atomic E-state index is 0.702. The summed E-state index contributed by atoms with van der Waals surface area (Å²) in [6.07, 6.45) is 0. The van der Waals surface area contributed by atoms with Crippen molar-refractivity contribution >= 4 is 39.1 Å². The highest BCUT2D eigenvalue weighted by Gasteiger charge is 2.14. The quantitative estimate of drug-likeness (QED) is 0.388. The van der Waals surface area contributed by atoms with Crippen molar-refractivity contribution in [2.45, 2.75) is 0 Å². The molecular formula is C22H15ClN2O. The fourth-order valence-corrected chi connectivity index (χ4v) is 3.72. The number of benzene rings is 3. The van der Waals surface area contributed by atoms with E-state index >= 15 is 0 Å². The van der Waals surface area contributed by atoms with Gasteiger partial charge in [0.05, 0.1) is 34.9 Å². The minimum Gasteiger partial charge on any atom is -0.497 e. The predicted molar refractivity (Wildman–Crippen MR) is 107 cm³/mol. The van der Waals surface area contributed by atoms with Crippen LogP contribution in [0.1, 0.15) is 0 Å². The Hall–Kier alpha value is -3.04. The summed E-state index contributed by atoms with van der Waals surface area (Å²) < 4.78 is 7.65. The standard InChI is InChI=1S/C22H15ClN2O/c1-26-17-9-10-19-15(12-17)13-21-22(14-5-4-6-16(23)11-14)24-18-7-2-3-8-20(18)25(19)21/h2-13H,1H3. The lowest BCUT2D eigenvalue weighted by molar-refractivity contribution is 0.415. The molecule has 0 spiro atoms. The molecule has 0 aliphatic heterocycles. The number of aromatic nitrogens is 2. The Kier molecular flexibility index (Phi) is 3.37. The highest BCUT2D eigenvalue weighted by Crippen LogP contribution is 2.34. The summed E-state index contributed by atoms with van der Waals surface area (Å²) in [5, 5.41) is 1.82. The maximum absolute atomic E-state index is 6.23. The Morgan fingerprint density at radius 3 is 2.58 bits per heavy atom. The molecule has 26 heavy (non-hydrogen) atoms. The van der Waals surface area contributed by atoms with Gasteiger partial charge in [-0.1, -0.05) is 35.9 Å². The van der Waals surface area contributed by atoms with E-state index in [4.69, 9.17) is 21.3 Å². The Morgan fingerprint density at radius 1 is 0.846 bits per heavy atom. The fourth-order valence-electron chi connectivity index (χ4n) is 3.53. The molecule has 0 atom stereocenters. The first kappa shape index (κ1) is 15.2. The summed E-state index contributed by atoms with van der Waals surface area (Å²) in [7, 11) is 1.69. The first-order chi connectivity index (χ1) is 12.7. The number of nitrogens with zero attached hydrogens (tertiary/aromatic N) is 2. The molecule has 0 saturated heterocycles. The zero-order valence-electron chi connectivity index (χ0n) is 14.1. The lowest BCUT2D eigenvalue weighted by Gasteiger charge is -2.10. The number of para-hydroxylation sites is 2. The Labute approximate surface area is 155 Å². The average Bonchev–Trinajstić information content (AvgIpc) is 3.06. The van der Waals surface area contributed by atoms with Crippen molar-refractivity contribution in [3.63, 3.8) is 0 Å². The van der Waals surface area contributed by atoms with Gasteiger partial charge in [0.25, 0.3) is 0 Å². The first-order valence-electron chi connectivity index (χ1n) is 8.38.